The second-order valence-electron chi connectivity index (χ2n) is 5.71. The Morgan fingerprint density at radius 1 is 1.11 bits per heavy atom. The van der Waals surface area contributed by atoms with Crippen LogP contribution in [0.15, 0.2) is 22.7 Å². The summed E-state index contributed by atoms with van der Waals surface area (Å²) < 4.78 is 0.769. The molecule has 0 fully saturated rings. The van der Waals surface area contributed by atoms with Crippen molar-refractivity contribution in [2.75, 3.05) is 0 Å². The minimum absolute atomic E-state index is 0.143. The lowest BCUT2D eigenvalue weighted by atomic mass is 9.80. The summed E-state index contributed by atoms with van der Waals surface area (Å²) >= 11 is 3.33. The van der Waals surface area contributed by atoms with Crippen molar-refractivity contribution in [3.8, 4) is 5.75 Å². The largest absolute Gasteiger partial charge is 0.507 e. The van der Waals surface area contributed by atoms with Gasteiger partial charge in [0.15, 0.2) is 0 Å². The first-order chi connectivity index (χ1) is 8.47. The Balaban J connectivity index is 2.54. The third-order valence-corrected chi connectivity index (χ3v) is 4.30. The van der Waals surface area contributed by atoms with E-state index in [1.807, 2.05) is 12.1 Å². The van der Waals surface area contributed by atoms with Gasteiger partial charge in [-0.3, -0.25) is 0 Å². The van der Waals surface area contributed by atoms with Gasteiger partial charge in [0.25, 0.3) is 0 Å². The second kappa shape index (κ2) is 7.18. The molecule has 0 unspecified atom stereocenters. The summed E-state index contributed by atoms with van der Waals surface area (Å²) in [4.78, 5) is 0. The zero-order valence-corrected chi connectivity index (χ0v) is 13.4. The zero-order chi connectivity index (χ0) is 13.6. The number of aromatic hydroxyl groups is 1. The van der Waals surface area contributed by atoms with Gasteiger partial charge in [0.05, 0.1) is 4.47 Å². The minimum atomic E-state index is 0.143. The molecule has 0 saturated carbocycles. The fraction of sp³-hybridized carbons (Fsp3) is 0.625. The normalized spacial score (nSPS) is 11.8. The van der Waals surface area contributed by atoms with Gasteiger partial charge in [0.2, 0.25) is 0 Å². The maximum atomic E-state index is 9.76. The summed E-state index contributed by atoms with van der Waals surface area (Å²) in [7, 11) is 0. The lowest BCUT2D eigenvalue weighted by Gasteiger charge is -2.25. The number of phenolic OH excluding ortho intramolecular Hbond substituents is 1. The first-order valence-corrected chi connectivity index (χ1v) is 7.75. The van der Waals surface area contributed by atoms with E-state index in [4.69, 9.17) is 0 Å². The topological polar surface area (TPSA) is 20.2 Å². The van der Waals surface area contributed by atoms with Crippen LogP contribution < -0.4 is 0 Å². The molecule has 1 aromatic rings. The Morgan fingerprint density at radius 2 is 1.78 bits per heavy atom. The quantitative estimate of drug-likeness (QED) is 0.631. The molecule has 0 amide bonds. The SMILES string of the molecule is CCCCCCCC(C)(C)c1ccc(Br)c(O)c1. The summed E-state index contributed by atoms with van der Waals surface area (Å²) in [6.07, 6.45) is 7.75. The predicted molar refractivity (Wildman–Crippen MR) is 82.2 cm³/mol. The molecule has 0 saturated heterocycles. The highest BCUT2D eigenvalue weighted by Gasteiger charge is 2.20. The van der Waals surface area contributed by atoms with Crippen LogP contribution in [0.1, 0.15) is 64.9 Å². The van der Waals surface area contributed by atoms with Gasteiger partial charge < -0.3 is 5.11 Å². The van der Waals surface area contributed by atoms with Crippen molar-refractivity contribution in [3.05, 3.63) is 28.2 Å². The fourth-order valence-electron chi connectivity index (χ4n) is 2.25. The maximum Gasteiger partial charge on any atom is 0.130 e. The van der Waals surface area contributed by atoms with E-state index in [1.165, 1.54) is 44.1 Å². The van der Waals surface area contributed by atoms with Crippen molar-refractivity contribution < 1.29 is 5.11 Å². The molecule has 0 bridgehead atoms. The minimum Gasteiger partial charge on any atom is -0.507 e. The van der Waals surface area contributed by atoms with Crippen LogP contribution in [0.25, 0.3) is 0 Å². The van der Waals surface area contributed by atoms with Crippen molar-refractivity contribution in [1.82, 2.24) is 0 Å². The van der Waals surface area contributed by atoms with Gasteiger partial charge >= 0.3 is 0 Å². The van der Waals surface area contributed by atoms with E-state index >= 15 is 0 Å². The van der Waals surface area contributed by atoms with Crippen LogP contribution in [0.4, 0.5) is 0 Å². The molecule has 0 radical (unpaired) electrons. The molecule has 18 heavy (non-hydrogen) atoms. The van der Waals surface area contributed by atoms with Gasteiger partial charge in [-0.2, -0.15) is 0 Å². The molecule has 2 heteroatoms. The number of unbranched alkanes of at least 4 members (excludes halogenated alkanes) is 4. The van der Waals surface area contributed by atoms with E-state index in [0.29, 0.717) is 5.75 Å². The van der Waals surface area contributed by atoms with Crippen LogP contribution in [0.5, 0.6) is 5.75 Å². The monoisotopic (exact) mass is 312 g/mol. The number of hydrogen-bond acceptors (Lipinski definition) is 1. The standard InChI is InChI=1S/C16H25BrO/c1-4-5-6-7-8-11-16(2,3)13-9-10-14(17)15(18)12-13/h9-10,12,18H,4-8,11H2,1-3H3. The molecule has 102 valence electrons. The number of hydrogen-bond donors (Lipinski definition) is 1. The average Bonchev–Trinajstić information content (AvgIpc) is 2.32. The lowest BCUT2D eigenvalue weighted by Crippen LogP contribution is -2.16. The fourth-order valence-corrected chi connectivity index (χ4v) is 2.50. The molecule has 0 aromatic heterocycles. The van der Waals surface area contributed by atoms with Crippen LogP contribution in [0.3, 0.4) is 0 Å². The van der Waals surface area contributed by atoms with Crippen molar-refractivity contribution in [2.45, 2.75) is 64.7 Å². The lowest BCUT2D eigenvalue weighted by molar-refractivity contribution is 0.435. The Labute approximate surface area is 120 Å². The van der Waals surface area contributed by atoms with E-state index in [0.717, 1.165) is 4.47 Å². The maximum absolute atomic E-state index is 9.76. The summed E-state index contributed by atoms with van der Waals surface area (Å²) in [6, 6.07) is 5.93. The third kappa shape index (κ3) is 4.64. The average molecular weight is 313 g/mol. The molecule has 0 atom stereocenters. The molecule has 1 rings (SSSR count). The number of halogens is 1. The predicted octanol–water partition coefficient (Wildman–Crippen LogP) is 5.79. The highest BCUT2D eigenvalue weighted by Crippen LogP contribution is 2.34. The van der Waals surface area contributed by atoms with Gasteiger partial charge in [0, 0.05) is 0 Å². The number of benzene rings is 1. The molecule has 0 aliphatic heterocycles. The molecule has 1 aromatic carbocycles. The molecule has 0 aliphatic rings. The third-order valence-electron chi connectivity index (χ3n) is 3.63. The Hall–Kier alpha value is -0.500. The summed E-state index contributed by atoms with van der Waals surface area (Å²) in [5.74, 6) is 0.339. The molecule has 0 spiro atoms. The summed E-state index contributed by atoms with van der Waals surface area (Å²) in [5, 5.41) is 9.76. The van der Waals surface area contributed by atoms with Gasteiger partial charge in [-0.1, -0.05) is 58.9 Å². The Bertz CT molecular complexity index is 371. The molecular weight excluding hydrogens is 288 g/mol. The van der Waals surface area contributed by atoms with E-state index in [9.17, 15) is 5.11 Å². The zero-order valence-electron chi connectivity index (χ0n) is 11.8. The van der Waals surface area contributed by atoms with Crippen molar-refractivity contribution in [3.63, 3.8) is 0 Å². The molecule has 1 nitrogen and oxygen atoms in total. The first-order valence-electron chi connectivity index (χ1n) is 6.96. The van der Waals surface area contributed by atoms with Gasteiger partial charge in [-0.15, -0.1) is 0 Å². The molecule has 0 aliphatic carbocycles. The van der Waals surface area contributed by atoms with E-state index in [2.05, 4.69) is 42.8 Å². The Morgan fingerprint density at radius 3 is 2.39 bits per heavy atom. The van der Waals surface area contributed by atoms with Gasteiger partial charge in [-0.25, -0.2) is 0 Å². The van der Waals surface area contributed by atoms with Crippen molar-refractivity contribution in [2.24, 2.45) is 0 Å². The van der Waals surface area contributed by atoms with Crippen LogP contribution in [0.2, 0.25) is 0 Å². The first kappa shape index (κ1) is 15.6. The summed E-state index contributed by atoms with van der Waals surface area (Å²) in [6.45, 7) is 6.76. The number of rotatable bonds is 7. The van der Waals surface area contributed by atoms with Crippen LogP contribution in [-0.2, 0) is 5.41 Å². The Kier molecular flexibility index (Phi) is 6.20. The van der Waals surface area contributed by atoms with Crippen molar-refractivity contribution >= 4 is 15.9 Å². The van der Waals surface area contributed by atoms with E-state index in [-0.39, 0.29) is 5.41 Å². The van der Waals surface area contributed by atoms with Crippen molar-refractivity contribution in [1.29, 1.82) is 0 Å². The smallest absolute Gasteiger partial charge is 0.130 e. The molecular formula is C16H25BrO. The van der Waals surface area contributed by atoms with Crippen LogP contribution >= 0.6 is 15.9 Å². The number of phenols is 1. The van der Waals surface area contributed by atoms with E-state index in [1.54, 1.807) is 0 Å². The molecule has 0 heterocycles. The van der Waals surface area contributed by atoms with E-state index < -0.39 is 0 Å². The second-order valence-corrected chi connectivity index (χ2v) is 6.57. The van der Waals surface area contributed by atoms with Gasteiger partial charge in [-0.05, 0) is 45.5 Å². The van der Waals surface area contributed by atoms with Gasteiger partial charge in [0.1, 0.15) is 5.75 Å². The summed E-state index contributed by atoms with van der Waals surface area (Å²) in [5.41, 5.74) is 1.36. The highest BCUT2D eigenvalue weighted by molar-refractivity contribution is 9.10. The van der Waals surface area contributed by atoms with Crippen LogP contribution in [0, 0.1) is 0 Å². The molecule has 1 N–H and O–H groups in total. The van der Waals surface area contributed by atoms with Crippen LogP contribution in [-0.4, -0.2) is 5.11 Å². The highest BCUT2D eigenvalue weighted by atomic mass is 79.9.